The first-order valence-electron chi connectivity index (χ1n) is 4.16. The number of nitro benzene ring substituents is 1. The van der Waals surface area contributed by atoms with E-state index in [9.17, 15) is 14.9 Å². The van der Waals surface area contributed by atoms with Crippen molar-refractivity contribution < 1.29 is 14.8 Å². The van der Waals surface area contributed by atoms with Crippen molar-refractivity contribution in [3.05, 3.63) is 38.9 Å². The zero-order valence-electron chi connectivity index (χ0n) is 7.64. The molecule has 1 aromatic rings. The molecule has 0 unspecified atom stereocenters. The number of aliphatic carboxylic acids is 1. The number of carbonyl (C=O) groups is 1. The Balaban J connectivity index is 3.02. The third-order valence-electron chi connectivity index (χ3n) is 1.88. The maximum atomic E-state index is 10.6. The van der Waals surface area contributed by atoms with Crippen molar-refractivity contribution in [1.82, 2.24) is 0 Å². The molecule has 0 spiro atoms. The predicted octanol–water partition coefficient (Wildman–Crippen LogP) is 2.27. The summed E-state index contributed by atoms with van der Waals surface area (Å²) in [5.41, 5.74) is 0.135. The second kappa shape index (κ2) is 4.75. The fourth-order valence-electron chi connectivity index (χ4n) is 1.20. The fourth-order valence-corrected chi connectivity index (χ4v) is 1.46. The molecule has 5 nitrogen and oxygen atoms in total. The molecule has 1 N–H and O–H groups in total. The molecule has 0 bridgehead atoms. The van der Waals surface area contributed by atoms with Gasteiger partial charge in [0.25, 0.3) is 5.69 Å². The van der Waals surface area contributed by atoms with Crippen molar-refractivity contribution in [2.24, 2.45) is 0 Å². The lowest BCUT2D eigenvalue weighted by Gasteiger charge is -2.03. The first-order valence-corrected chi connectivity index (χ1v) is 4.53. The highest BCUT2D eigenvalue weighted by molar-refractivity contribution is 6.31. The minimum atomic E-state index is -1.01. The Bertz CT molecular complexity index is 405. The number of hydrogen-bond acceptors (Lipinski definition) is 3. The number of nitro groups is 1. The summed E-state index contributed by atoms with van der Waals surface area (Å²) >= 11 is 5.76. The lowest BCUT2D eigenvalue weighted by Crippen LogP contribution is -2.01. The summed E-state index contributed by atoms with van der Waals surface area (Å²) in [6.45, 7) is 0. The van der Waals surface area contributed by atoms with Gasteiger partial charge in [-0.15, -0.1) is 0 Å². The SMILES string of the molecule is O=C(O)CCc1c(Cl)cccc1[N+](=O)[O-]. The monoisotopic (exact) mass is 229 g/mol. The van der Waals surface area contributed by atoms with Crippen molar-refractivity contribution in [2.45, 2.75) is 12.8 Å². The van der Waals surface area contributed by atoms with Crippen LogP contribution in [0.1, 0.15) is 12.0 Å². The second-order valence-corrected chi connectivity index (χ2v) is 3.30. The molecule has 0 fully saturated rings. The van der Waals surface area contributed by atoms with Gasteiger partial charge in [-0.05, 0) is 12.5 Å². The van der Waals surface area contributed by atoms with Gasteiger partial charge in [0, 0.05) is 18.1 Å². The normalized spacial score (nSPS) is 9.93. The highest BCUT2D eigenvalue weighted by atomic mass is 35.5. The van der Waals surface area contributed by atoms with E-state index in [4.69, 9.17) is 16.7 Å². The van der Waals surface area contributed by atoms with Crippen molar-refractivity contribution >= 4 is 23.3 Å². The number of nitrogens with zero attached hydrogens (tertiary/aromatic N) is 1. The summed E-state index contributed by atoms with van der Waals surface area (Å²) < 4.78 is 0. The Hall–Kier alpha value is -1.62. The Morgan fingerprint density at radius 1 is 1.53 bits per heavy atom. The van der Waals surface area contributed by atoms with Gasteiger partial charge < -0.3 is 5.11 Å². The van der Waals surface area contributed by atoms with Crippen molar-refractivity contribution in [2.75, 3.05) is 0 Å². The lowest BCUT2D eigenvalue weighted by molar-refractivity contribution is -0.385. The Morgan fingerprint density at radius 3 is 2.73 bits per heavy atom. The van der Waals surface area contributed by atoms with Gasteiger partial charge in [0.15, 0.2) is 0 Å². The summed E-state index contributed by atoms with van der Waals surface area (Å²) in [7, 11) is 0. The minimum absolute atomic E-state index is 0.0608. The molecule has 1 aromatic carbocycles. The molecule has 0 amide bonds. The van der Waals surface area contributed by atoms with Crippen molar-refractivity contribution in [3.8, 4) is 0 Å². The molecular formula is C9H8ClNO4. The van der Waals surface area contributed by atoms with E-state index >= 15 is 0 Å². The molecule has 0 aliphatic carbocycles. The molecule has 80 valence electrons. The first-order chi connectivity index (χ1) is 7.02. The van der Waals surface area contributed by atoms with E-state index < -0.39 is 10.9 Å². The molecule has 0 heterocycles. The van der Waals surface area contributed by atoms with Crippen LogP contribution in [0.3, 0.4) is 0 Å². The van der Waals surface area contributed by atoms with Crippen LogP contribution in [0.15, 0.2) is 18.2 Å². The third-order valence-corrected chi connectivity index (χ3v) is 2.23. The van der Waals surface area contributed by atoms with E-state index in [1.54, 1.807) is 0 Å². The number of halogens is 1. The van der Waals surface area contributed by atoms with Gasteiger partial charge >= 0.3 is 5.97 Å². The number of benzene rings is 1. The molecule has 0 radical (unpaired) electrons. The summed E-state index contributed by atoms with van der Waals surface area (Å²) in [6, 6.07) is 4.28. The molecule has 0 saturated heterocycles. The Kier molecular flexibility index (Phi) is 3.62. The van der Waals surface area contributed by atoms with Crippen LogP contribution in [-0.2, 0) is 11.2 Å². The molecule has 0 saturated carbocycles. The summed E-state index contributed by atoms with van der Waals surface area (Å²) in [6.07, 6.45) is -0.115. The highest BCUT2D eigenvalue weighted by Crippen LogP contribution is 2.27. The molecule has 0 aromatic heterocycles. The van der Waals surface area contributed by atoms with Crippen LogP contribution in [0.5, 0.6) is 0 Å². The van der Waals surface area contributed by atoms with Crippen LogP contribution < -0.4 is 0 Å². The maximum absolute atomic E-state index is 10.6. The highest BCUT2D eigenvalue weighted by Gasteiger charge is 2.16. The zero-order chi connectivity index (χ0) is 11.4. The van der Waals surface area contributed by atoms with Gasteiger partial charge in [-0.3, -0.25) is 14.9 Å². The first kappa shape index (κ1) is 11.5. The molecular weight excluding hydrogens is 222 g/mol. The van der Waals surface area contributed by atoms with Crippen LogP contribution in [0, 0.1) is 10.1 Å². The molecule has 0 aliphatic heterocycles. The van der Waals surface area contributed by atoms with E-state index in [1.807, 2.05) is 0 Å². The van der Waals surface area contributed by atoms with Crippen LogP contribution >= 0.6 is 11.6 Å². The van der Waals surface area contributed by atoms with Crippen molar-refractivity contribution in [3.63, 3.8) is 0 Å². The number of carboxylic acids is 1. The van der Waals surface area contributed by atoms with Crippen molar-refractivity contribution in [1.29, 1.82) is 0 Å². The van der Waals surface area contributed by atoms with Crippen LogP contribution in [0.4, 0.5) is 5.69 Å². The third kappa shape index (κ3) is 2.92. The topological polar surface area (TPSA) is 80.4 Å². The summed E-state index contributed by atoms with van der Waals surface area (Å²) in [5.74, 6) is -1.01. The van der Waals surface area contributed by atoms with Crippen LogP contribution in [-0.4, -0.2) is 16.0 Å². The number of hydrogen-bond donors (Lipinski definition) is 1. The minimum Gasteiger partial charge on any atom is -0.481 e. The predicted molar refractivity (Wildman–Crippen MR) is 54.1 cm³/mol. The molecule has 0 atom stereocenters. The number of carboxylic acid groups (broad SMARTS) is 1. The van der Waals surface area contributed by atoms with Gasteiger partial charge in [-0.2, -0.15) is 0 Å². The van der Waals surface area contributed by atoms with E-state index in [2.05, 4.69) is 0 Å². The van der Waals surface area contributed by atoms with Gasteiger partial charge in [-0.1, -0.05) is 17.7 Å². The largest absolute Gasteiger partial charge is 0.481 e. The van der Waals surface area contributed by atoms with E-state index in [0.717, 1.165) is 0 Å². The standard InChI is InChI=1S/C9H8ClNO4/c10-7-2-1-3-8(11(14)15)6(7)4-5-9(12)13/h1-3H,4-5H2,(H,12,13). The molecule has 1 rings (SSSR count). The van der Waals surface area contributed by atoms with E-state index in [-0.39, 0.29) is 29.1 Å². The second-order valence-electron chi connectivity index (χ2n) is 2.89. The van der Waals surface area contributed by atoms with Crippen LogP contribution in [0.2, 0.25) is 5.02 Å². The molecule has 0 aliphatic rings. The Morgan fingerprint density at radius 2 is 2.20 bits per heavy atom. The average Bonchev–Trinajstić information content (AvgIpc) is 2.15. The lowest BCUT2D eigenvalue weighted by atomic mass is 10.1. The number of rotatable bonds is 4. The fraction of sp³-hybridized carbons (Fsp3) is 0.222. The average molecular weight is 230 g/mol. The smallest absolute Gasteiger partial charge is 0.303 e. The molecule has 15 heavy (non-hydrogen) atoms. The summed E-state index contributed by atoms with van der Waals surface area (Å²) in [5, 5.41) is 19.3. The van der Waals surface area contributed by atoms with Gasteiger partial charge in [0.1, 0.15) is 0 Å². The summed E-state index contributed by atoms with van der Waals surface area (Å²) in [4.78, 5) is 20.4. The quantitative estimate of drug-likeness (QED) is 0.634. The van der Waals surface area contributed by atoms with E-state index in [1.165, 1.54) is 18.2 Å². The zero-order valence-corrected chi connectivity index (χ0v) is 8.40. The van der Waals surface area contributed by atoms with Gasteiger partial charge in [0.05, 0.1) is 9.95 Å². The molecule has 6 heteroatoms. The Labute approximate surface area is 90.4 Å². The van der Waals surface area contributed by atoms with E-state index in [0.29, 0.717) is 0 Å². The van der Waals surface area contributed by atoms with Gasteiger partial charge in [0.2, 0.25) is 0 Å². The van der Waals surface area contributed by atoms with Crippen LogP contribution in [0.25, 0.3) is 0 Å². The van der Waals surface area contributed by atoms with Gasteiger partial charge in [-0.25, -0.2) is 0 Å². The maximum Gasteiger partial charge on any atom is 0.303 e.